The molecule has 0 radical (unpaired) electrons. The second-order valence-electron chi connectivity index (χ2n) is 4.32. The summed E-state index contributed by atoms with van der Waals surface area (Å²) in [5, 5.41) is 12.3. The fourth-order valence-electron chi connectivity index (χ4n) is 1.86. The molecule has 2 nitrogen and oxygen atoms in total. The Bertz CT molecular complexity index is 560. The topological polar surface area (TPSA) is 32.3 Å². The molecule has 100 valence electrons. The van der Waals surface area contributed by atoms with Crippen molar-refractivity contribution >= 4 is 15.9 Å². The van der Waals surface area contributed by atoms with Crippen LogP contribution in [0.4, 0.5) is 4.39 Å². The van der Waals surface area contributed by atoms with E-state index in [1.807, 2.05) is 18.2 Å². The third-order valence-electron chi connectivity index (χ3n) is 2.83. The molecule has 0 saturated carbocycles. The van der Waals surface area contributed by atoms with Gasteiger partial charge >= 0.3 is 0 Å². The summed E-state index contributed by atoms with van der Waals surface area (Å²) < 4.78 is 14.3. The minimum Gasteiger partial charge on any atom is -0.392 e. The number of rotatable bonds is 5. The van der Waals surface area contributed by atoms with Crippen molar-refractivity contribution < 1.29 is 9.50 Å². The SMILES string of the molecule is OCc1cc(CNCc2cccc(Br)c2)ccc1F. The summed E-state index contributed by atoms with van der Waals surface area (Å²) in [6, 6.07) is 12.9. The summed E-state index contributed by atoms with van der Waals surface area (Å²) in [4.78, 5) is 0. The van der Waals surface area contributed by atoms with E-state index in [-0.39, 0.29) is 12.4 Å². The predicted octanol–water partition coefficient (Wildman–Crippen LogP) is 3.37. The van der Waals surface area contributed by atoms with Crippen LogP contribution in [0.3, 0.4) is 0 Å². The Hall–Kier alpha value is -1.23. The van der Waals surface area contributed by atoms with Crippen LogP contribution in [0.1, 0.15) is 16.7 Å². The lowest BCUT2D eigenvalue weighted by molar-refractivity contribution is 0.275. The number of benzene rings is 2. The van der Waals surface area contributed by atoms with Crippen LogP contribution in [0.25, 0.3) is 0 Å². The van der Waals surface area contributed by atoms with Crippen molar-refractivity contribution in [3.8, 4) is 0 Å². The number of aliphatic hydroxyl groups excluding tert-OH is 1. The molecule has 4 heteroatoms. The Morgan fingerprint density at radius 3 is 2.47 bits per heavy atom. The quantitative estimate of drug-likeness (QED) is 0.884. The van der Waals surface area contributed by atoms with Gasteiger partial charge in [0.2, 0.25) is 0 Å². The molecule has 0 fully saturated rings. The van der Waals surface area contributed by atoms with Gasteiger partial charge in [-0.3, -0.25) is 0 Å². The monoisotopic (exact) mass is 323 g/mol. The Balaban J connectivity index is 1.92. The Labute approximate surface area is 120 Å². The van der Waals surface area contributed by atoms with E-state index in [0.29, 0.717) is 12.1 Å². The first kappa shape index (κ1) is 14.2. The summed E-state index contributed by atoms with van der Waals surface area (Å²) in [7, 11) is 0. The lowest BCUT2D eigenvalue weighted by Crippen LogP contribution is -2.13. The van der Waals surface area contributed by atoms with E-state index in [1.165, 1.54) is 11.6 Å². The molecule has 2 N–H and O–H groups in total. The summed E-state index contributed by atoms with van der Waals surface area (Å²) in [6.07, 6.45) is 0. The average molecular weight is 324 g/mol. The molecule has 0 unspecified atom stereocenters. The van der Waals surface area contributed by atoms with Crippen LogP contribution < -0.4 is 5.32 Å². The molecule has 0 heterocycles. The van der Waals surface area contributed by atoms with Crippen molar-refractivity contribution in [2.24, 2.45) is 0 Å². The highest BCUT2D eigenvalue weighted by Crippen LogP contribution is 2.13. The van der Waals surface area contributed by atoms with Crippen LogP contribution >= 0.6 is 15.9 Å². The molecule has 19 heavy (non-hydrogen) atoms. The zero-order valence-corrected chi connectivity index (χ0v) is 12.0. The van der Waals surface area contributed by atoms with Gasteiger partial charge in [-0.2, -0.15) is 0 Å². The molecule has 0 amide bonds. The van der Waals surface area contributed by atoms with Crippen LogP contribution in [0.15, 0.2) is 46.9 Å². The second kappa shape index (κ2) is 6.80. The highest BCUT2D eigenvalue weighted by atomic mass is 79.9. The maximum Gasteiger partial charge on any atom is 0.128 e. The maximum absolute atomic E-state index is 13.2. The molecular formula is C15H15BrFNO. The second-order valence-corrected chi connectivity index (χ2v) is 5.23. The number of hydrogen-bond acceptors (Lipinski definition) is 2. The highest BCUT2D eigenvalue weighted by Gasteiger charge is 2.02. The molecule has 0 saturated heterocycles. The molecule has 0 aromatic heterocycles. The molecule has 2 aromatic rings. The number of hydrogen-bond donors (Lipinski definition) is 2. The molecule has 2 rings (SSSR count). The molecule has 0 bridgehead atoms. The van der Waals surface area contributed by atoms with Crippen molar-refractivity contribution in [3.63, 3.8) is 0 Å². The lowest BCUT2D eigenvalue weighted by Gasteiger charge is -2.07. The Kier molecular flexibility index (Phi) is 5.07. The molecule has 0 spiro atoms. The van der Waals surface area contributed by atoms with Gasteiger partial charge in [0.25, 0.3) is 0 Å². The van der Waals surface area contributed by atoms with Crippen LogP contribution in [0.2, 0.25) is 0 Å². The van der Waals surface area contributed by atoms with Gasteiger partial charge in [-0.05, 0) is 35.4 Å². The number of halogens is 2. The van der Waals surface area contributed by atoms with Gasteiger partial charge in [-0.1, -0.05) is 34.1 Å². The van der Waals surface area contributed by atoms with Gasteiger partial charge in [0, 0.05) is 23.1 Å². The molecule has 0 atom stereocenters. The van der Waals surface area contributed by atoms with Crippen molar-refractivity contribution in [1.29, 1.82) is 0 Å². The maximum atomic E-state index is 13.2. The summed E-state index contributed by atoms with van der Waals surface area (Å²) in [6.45, 7) is 1.11. The van der Waals surface area contributed by atoms with Crippen molar-refractivity contribution in [2.45, 2.75) is 19.7 Å². The van der Waals surface area contributed by atoms with E-state index >= 15 is 0 Å². The third-order valence-corrected chi connectivity index (χ3v) is 3.32. The van der Waals surface area contributed by atoms with E-state index in [2.05, 4.69) is 27.3 Å². The minimum absolute atomic E-state index is 0.273. The largest absolute Gasteiger partial charge is 0.392 e. The summed E-state index contributed by atoms with van der Waals surface area (Å²) in [5.41, 5.74) is 2.47. The lowest BCUT2D eigenvalue weighted by atomic mass is 10.1. The summed E-state index contributed by atoms with van der Waals surface area (Å²) in [5.74, 6) is -0.363. The smallest absolute Gasteiger partial charge is 0.128 e. The minimum atomic E-state index is -0.363. The van der Waals surface area contributed by atoms with E-state index in [1.54, 1.807) is 12.1 Å². The molecule has 2 aromatic carbocycles. The first-order valence-electron chi connectivity index (χ1n) is 6.02. The van der Waals surface area contributed by atoms with Gasteiger partial charge in [0.05, 0.1) is 6.61 Å². The number of aliphatic hydroxyl groups is 1. The Morgan fingerprint density at radius 1 is 1.05 bits per heavy atom. The zero-order chi connectivity index (χ0) is 13.7. The van der Waals surface area contributed by atoms with E-state index in [4.69, 9.17) is 5.11 Å². The predicted molar refractivity (Wildman–Crippen MR) is 77.0 cm³/mol. The van der Waals surface area contributed by atoms with Crippen molar-refractivity contribution in [2.75, 3.05) is 0 Å². The highest BCUT2D eigenvalue weighted by molar-refractivity contribution is 9.10. The first-order chi connectivity index (χ1) is 9.19. The zero-order valence-electron chi connectivity index (χ0n) is 10.4. The number of nitrogens with one attached hydrogen (secondary N) is 1. The first-order valence-corrected chi connectivity index (χ1v) is 6.81. The standard InChI is InChI=1S/C15H15BrFNO/c16-14-3-1-2-11(7-14)8-18-9-12-4-5-15(17)13(6-12)10-19/h1-7,18-19H,8-10H2. The van der Waals surface area contributed by atoms with Crippen molar-refractivity contribution in [1.82, 2.24) is 5.32 Å². The normalized spacial score (nSPS) is 10.7. The van der Waals surface area contributed by atoms with Gasteiger partial charge in [0.1, 0.15) is 5.82 Å². The summed E-state index contributed by atoms with van der Waals surface area (Å²) >= 11 is 3.43. The van der Waals surface area contributed by atoms with E-state index in [0.717, 1.165) is 16.6 Å². The third kappa shape index (κ3) is 4.13. The van der Waals surface area contributed by atoms with E-state index in [9.17, 15) is 4.39 Å². The average Bonchev–Trinajstić information content (AvgIpc) is 2.41. The molecular weight excluding hydrogens is 309 g/mol. The fraction of sp³-hybridized carbons (Fsp3) is 0.200. The van der Waals surface area contributed by atoms with Crippen LogP contribution in [0.5, 0.6) is 0 Å². The van der Waals surface area contributed by atoms with Gasteiger partial charge in [-0.15, -0.1) is 0 Å². The van der Waals surface area contributed by atoms with Gasteiger partial charge in [0.15, 0.2) is 0 Å². The van der Waals surface area contributed by atoms with Gasteiger partial charge < -0.3 is 10.4 Å². The van der Waals surface area contributed by atoms with Crippen molar-refractivity contribution in [3.05, 3.63) is 69.4 Å². The molecule has 0 aliphatic heterocycles. The molecule has 0 aliphatic rings. The van der Waals surface area contributed by atoms with Crippen LogP contribution in [-0.2, 0) is 19.7 Å². The molecule has 0 aliphatic carbocycles. The van der Waals surface area contributed by atoms with E-state index < -0.39 is 0 Å². The Morgan fingerprint density at radius 2 is 1.79 bits per heavy atom. The van der Waals surface area contributed by atoms with Crippen LogP contribution in [-0.4, -0.2) is 5.11 Å². The van der Waals surface area contributed by atoms with Crippen LogP contribution in [0, 0.1) is 5.82 Å². The van der Waals surface area contributed by atoms with Gasteiger partial charge in [-0.25, -0.2) is 4.39 Å². The fourth-order valence-corrected chi connectivity index (χ4v) is 2.30.